The highest BCUT2D eigenvalue weighted by atomic mass is 32.1. The van der Waals surface area contributed by atoms with Crippen LogP contribution in [0.5, 0.6) is 0 Å². The Bertz CT molecular complexity index is 469. The molecule has 1 aliphatic rings. The molecule has 1 aromatic carbocycles. The van der Waals surface area contributed by atoms with Gasteiger partial charge in [-0.15, -0.1) is 0 Å². The van der Waals surface area contributed by atoms with Gasteiger partial charge in [0.1, 0.15) is 4.99 Å². The maximum Gasteiger partial charge on any atom is 0.106 e. The van der Waals surface area contributed by atoms with Crippen LogP contribution in [0.4, 0.5) is 5.69 Å². The van der Waals surface area contributed by atoms with Crippen molar-refractivity contribution < 1.29 is 4.74 Å². The summed E-state index contributed by atoms with van der Waals surface area (Å²) in [4.78, 5) is 0.448. The van der Waals surface area contributed by atoms with Crippen molar-refractivity contribution in [1.29, 1.82) is 0 Å². The molecule has 0 saturated heterocycles. The highest BCUT2D eigenvalue weighted by Gasteiger charge is 2.41. The molecule has 0 amide bonds. The normalized spacial score (nSPS) is 16.1. The Labute approximate surface area is 120 Å². The molecule has 2 rings (SSSR count). The molecule has 0 aromatic heterocycles. The zero-order valence-electron chi connectivity index (χ0n) is 11.7. The van der Waals surface area contributed by atoms with E-state index in [-0.39, 0.29) is 0 Å². The van der Waals surface area contributed by atoms with Crippen molar-refractivity contribution in [2.75, 3.05) is 25.6 Å². The van der Waals surface area contributed by atoms with E-state index in [1.807, 2.05) is 12.1 Å². The topological polar surface area (TPSA) is 47.3 Å². The quantitative estimate of drug-likeness (QED) is 0.753. The fraction of sp³-hybridized carbons (Fsp3) is 0.533. The van der Waals surface area contributed by atoms with Crippen molar-refractivity contribution in [3.05, 3.63) is 29.3 Å². The number of aryl methyl sites for hydroxylation is 1. The Kier molecular flexibility index (Phi) is 4.42. The summed E-state index contributed by atoms with van der Waals surface area (Å²) in [5.74, 6) is 0. The van der Waals surface area contributed by atoms with E-state index < -0.39 is 0 Å². The van der Waals surface area contributed by atoms with E-state index in [2.05, 4.69) is 18.3 Å². The molecule has 19 heavy (non-hydrogen) atoms. The first-order valence-corrected chi connectivity index (χ1v) is 7.10. The lowest BCUT2D eigenvalue weighted by Crippen LogP contribution is -2.20. The predicted octanol–water partition coefficient (Wildman–Crippen LogP) is 2.86. The fourth-order valence-corrected chi connectivity index (χ4v) is 2.49. The van der Waals surface area contributed by atoms with Gasteiger partial charge in [-0.2, -0.15) is 0 Å². The van der Waals surface area contributed by atoms with Crippen molar-refractivity contribution in [3.63, 3.8) is 0 Å². The second-order valence-corrected chi connectivity index (χ2v) is 5.95. The van der Waals surface area contributed by atoms with E-state index in [0.29, 0.717) is 10.4 Å². The first kappa shape index (κ1) is 14.3. The Morgan fingerprint density at radius 1 is 1.47 bits per heavy atom. The van der Waals surface area contributed by atoms with E-state index >= 15 is 0 Å². The minimum absolute atomic E-state index is 0.410. The Balaban J connectivity index is 2.03. The number of rotatable bonds is 7. The highest BCUT2D eigenvalue weighted by Crippen LogP contribution is 2.48. The van der Waals surface area contributed by atoms with Crippen molar-refractivity contribution in [1.82, 2.24) is 0 Å². The standard InChI is InChI=1S/C15H22N2OS/c1-11-3-4-12(14(16)19)13(9-11)17-10-15(5-6-15)7-8-18-2/h3-4,9,17H,5-8,10H2,1-2H3,(H2,16,19). The molecule has 1 fully saturated rings. The number of hydrogen-bond donors (Lipinski definition) is 2. The summed E-state index contributed by atoms with van der Waals surface area (Å²) in [5, 5.41) is 3.52. The molecule has 0 spiro atoms. The third-order valence-corrected chi connectivity index (χ3v) is 4.11. The molecular weight excluding hydrogens is 256 g/mol. The van der Waals surface area contributed by atoms with Crippen LogP contribution < -0.4 is 11.1 Å². The SMILES string of the molecule is COCCC1(CNc2cc(C)ccc2C(N)=S)CC1. The van der Waals surface area contributed by atoms with E-state index in [1.165, 1.54) is 18.4 Å². The fourth-order valence-electron chi connectivity index (χ4n) is 2.31. The van der Waals surface area contributed by atoms with Crippen LogP contribution >= 0.6 is 12.2 Å². The predicted molar refractivity (Wildman–Crippen MR) is 83.7 cm³/mol. The van der Waals surface area contributed by atoms with Gasteiger partial charge in [-0.05, 0) is 49.3 Å². The summed E-state index contributed by atoms with van der Waals surface area (Å²) in [5.41, 5.74) is 9.38. The summed E-state index contributed by atoms with van der Waals surface area (Å²) in [6.07, 6.45) is 3.67. The van der Waals surface area contributed by atoms with Gasteiger partial charge in [0.15, 0.2) is 0 Å². The van der Waals surface area contributed by atoms with Gasteiger partial charge in [-0.3, -0.25) is 0 Å². The minimum atomic E-state index is 0.410. The average molecular weight is 278 g/mol. The second kappa shape index (κ2) is 5.88. The third-order valence-electron chi connectivity index (χ3n) is 3.89. The average Bonchev–Trinajstić information content (AvgIpc) is 3.14. The number of methoxy groups -OCH3 is 1. The molecule has 0 heterocycles. The Morgan fingerprint density at radius 2 is 2.21 bits per heavy atom. The van der Waals surface area contributed by atoms with E-state index in [0.717, 1.165) is 30.8 Å². The monoisotopic (exact) mass is 278 g/mol. The van der Waals surface area contributed by atoms with Gasteiger partial charge >= 0.3 is 0 Å². The van der Waals surface area contributed by atoms with Gasteiger partial charge in [-0.1, -0.05) is 18.3 Å². The first-order chi connectivity index (χ1) is 9.06. The molecule has 104 valence electrons. The maximum atomic E-state index is 5.77. The largest absolute Gasteiger partial charge is 0.389 e. The van der Waals surface area contributed by atoms with Gasteiger partial charge in [0, 0.05) is 31.5 Å². The summed E-state index contributed by atoms with van der Waals surface area (Å²) < 4.78 is 5.18. The zero-order chi connectivity index (χ0) is 13.9. The lowest BCUT2D eigenvalue weighted by molar-refractivity contribution is 0.175. The molecule has 0 aliphatic heterocycles. The third kappa shape index (κ3) is 3.67. The Hall–Kier alpha value is -1.13. The number of nitrogens with two attached hydrogens (primary N) is 1. The lowest BCUT2D eigenvalue weighted by atomic mass is 10.0. The summed E-state index contributed by atoms with van der Waals surface area (Å²) in [6, 6.07) is 6.15. The van der Waals surface area contributed by atoms with Gasteiger partial charge in [0.05, 0.1) is 0 Å². The van der Waals surface area contributed by atoms with Gasteiger partial charge in [0.25, 0.3) is 0 Å². The van der Waals surface area contributed by atoms with E-state index in [1.54, 1.807) is 7.11 Å². The second-order valence-electron chi connectivity index (χ2n) is 5.51. The van der Waals surface area contributed by atoms with Crippen LogP contribution in [0.25, 0.3) is 0 Å². The van der Waals surface area contributed by atoms with Crippen molar-refractivity contribution in [2.24, 2.45) is 11.1 Å². The van der Waals surface area contributed by atoms with Crippen molar-refractivity contribution in [3.8, 4) is 0 Å². The number of nitrogens with one attached hydrogen (secondary N) is 1. The molecule has 0 bridgehead atoms. The molecular formula is C15H22N2OS. The zero-order valence-corrected chi connectivity index (χ0v) is 12.5. The number of ether oxygens (including phenoxy) is 1. The molecule has 0 atom stereocenters. The number of anilines is 1. The minimum Gasteiger partial charge on any atom is -0.389 e. The van der Waals surface area contributed by atoms with Crippen LogP contribution in [-0.2, 0) is 4.74 Å². The van der Waals surface area contributed by atoms with Gasteiger partial charge in [-0.25, -0.2) is 0 Å². The van der Waals surface area contributed by atoms with Crippen LogP contribution in [0, 0.1) is 12.3 Å². The molecule has 3 N–H and O–H groups in total. The molecule has 4 heteroatoms. The van der Waals surface area contributed by atoms with Crippen LogP contribution in [0.15, 0.2) is 18.2 Å². The van der Waals surface area contributed by atoms with E-state index in [4.69, 9.17) is 22.7 Å². The maximum absolute atomic E-state index is 5.77. The Morgan fingerprint density at radius 3 is 2.79 bits per heavy atom. The molecule has 3 nitrogen and oxygen atoms in total. The van der Waals surface area contributed by atoms with Crippen LogP contribution in [-0.4, -0.2) is 25.2 Å². The molecule has 1 aromatic rings. The van der Waals surface area contributed by atoms with Crippen molar-refractivity contribution in [2.45, 2.75) is 26.2 Å². The summed E-state index contributed by atoms with van der Waals surface area (Å²) >= 11 is 5.10. The van der Waals surface area contributed by atoms with Crippen LogP contribution in [0.2, 0.25) is 0 Å². The highest BCUT2D eigenvalue weighted by molar-refractivity contribution is 7.80. The molecule has 1 saturated carbocycles. The van der Waals surface area contributed by atoms with Gasteiger partial charge < -0.3 is 15.8 Å². The van der Waals surface area contributed by atoms with Crippen LogP contribution in [0.3, 0.4) is 0 Å². The lowest BCUT2D eigenvalue weighted by Gasteiger charge is -2.18. The van der Waals surface area contributed by atoms with Gasteiger partial charge in [0.2, 0.25) is 0 Å². The first-order valence-electron chi connectivity index (χ1n) is 6.70. The van der Waals surface area contributed by atoms with E-state index in [9.17, 15) is 0 Å². The number of benzene rings is 1. The summed E-state index contributed by atoms with van der Waals surface area (Å²) in [7, 11) is 1.76. The number of thiocarbonyl (C=S) groups is 1. The van der Waals surface area contributed by atoms with Crippen LogP contribution in [0.1, 0.15) is 30.4 Å². The van der Waals surface area contributed by atoms with Crippen molar-refractivity contribution >= 4 is 22.9 Å². The molecule has 0 unspecified atom stereocenters. The smallest absolute Gasteiger partial charge is 0.106 e. The molecule has 1 aliphatic carbocycles. The number of hydrogen-bond acceptors (Lipinski definition) is 3. The molecule has 0 radical (unpaired) electrons. The summed E-state index contributed by atoms with van der Waals surface area (Å²) in [6.45, 7) is 3.87.